The molecule has 0 aromatic heterocycles. The molecule has 0 radical (unpaired) electrons. The fourth-order valence-electron chi connectivity index (χ4n) is 3.99. The van der Waals surface area contributed by atoms with Crippen LogP contribution in [0.4, 0.5) is 13.2 Å². The quantitative estimate of drug-likeness (QED) is 0.421. The lowest BCUT2D eigenvalue weighted by molar-refractivity contribution is -0.140. The third kappa shape index (κ3) is 6.44. The second-order valence-electron chi connectivity index (χ2n) is 8.02. The Balaban J connectivity index is 2.08. The van der Waals surface area contributed by atoms with Gasteiger partial charge in [-0.2, -0.15) is 13.2 Å². The molecular formula is C27H28F3NO6. The van der Waals surface area contributed by atoms with E-state index in [0.717, 1.165) is 17.7 Å². The van der Waals surface area contributed by atoms with E-state index in [0.29, 0.717) is 17.1 Å². The maximum absolute atomic E-state index is 13.1. The first-order valence-corrected chi connectivity index (χ1v) is 11.5. The van der Waals surface area contributed by atoms with E-state index in [9.17, 15) is 22.8 Å². The molecule has 0 N–H and O–H groups in total. The van der Waals surface area contributed by atoms with Crippen molar-refractivity contribution in [2.24, 2.45) is 0 Å². The maximum atomic E-state index is 13.1. The van der Waals surface area contributed by atoms with Crippen LogP contribution in [0, 0.1) is 0 Å². The smallest absolute Gasteiger partial charge is 0.416 e. The summed E-state index contributed by atoms with van der Waals surface area (Å²) in [4.78, 5) is 27.6. The van der Waals surface area contributed by atoms with E-state index >= 15 is 0 Å². The number of ether oxygens (including phenoxy) is 4. The summed E-state index contributed by atoms with van der Waals surface area (Å²) < 4.78 is 60.5. The molecule has 3 rings (SSSR count). The van der Waals surface area contributed by atoms with Crippen LogP contribution in [-0.2, 0) is 31.8 Å². The molecule has 7 nitrogen and oxygen atoms in total. The van der Waals surface area contributed by atoms with Crippen LogP contribution in [0.1, 0.15) is 36.5 Å². The SMILES string of the molecule is CCOC(=O)C1=CN(Cc2ccc(OC)c(OC)c2)C=C(C(=O)OCC)C1c1ccc(C(F)(F)F)cc1. The van der Waals surface area contributed by atoms with Gasteiger partial charge in [-0.05, 0) is 49.2 Å². The van der Waals surface area contributed by atoms with Gasteiger partial charge in [0.25, 0.3) is 0 Å². The Hall–Kier alpha value is -3.95. The highest BCUT2D eigenvalue weighted by Crippen LogP contribution is 2.39. The van der Waals surface area contributed by atoms with Gasteiger partial charge in [-0.15, -0.1) is 0 Å². The van der Waals surface area contributed by atoms with E-state index in [2.05, 4.69) is 0 Å². The topological polar surface area (TPSA) is 74.3 Å². The normalized spacial score (nSPS) is 14.0. The van der Waals surface area contributed by atoms with Crippen LogP contribution in [0.15, 0.2) is 66.0 Å². The first-order valence-electron chi connectivity index (χ1n) is 11.5. The summed E-state index contributed by atoms with van der Waals surface area (Å²) in [5.41, 5.74) is 0.438. The molecule has 0 spiro atoms. The average Bonchev–Trinajstić information content (AvgIpc) is 2.88. The first-order chi connectivity index (χ1) is 17.6. The predicted molar refractivity (Wildman–Crippen MR) is 129 cm³/mol. The Morgan fingerprint density at radius 2 is 1.38 bits per heavy atom. The van der Waals surface area contributed by atoms with Gasteiger partial charge in [0, 0.05) is 18.9 Å². The highest BCUT2D eigenvalue weighted by molar-refractivity contribution is 5.98. The third-order valence-corrected chi connectivity index (χ3v) is 5.64. The lowest BCUT2D eigenvalue weighted by Gasteiger charge is -2.30. The van der Waals surface area contributed by atoms with Gasteiger partial charge < -0.3 is 23.8 Å². The van der Waals surface area contributed by atoms with Crippen LogP contribution in [0.5, 0.6) is 11.5 Å². The zero-order valence-corrected chi connectivity index (χ0v) is 20.9. The monoisotopic (exact) mass is 519 g/mol. The predicted octanol–water partition coefficient (Wildman–Crippen LogP) is 5.22. The van der Waals surface area contributed by atoms with Gasteiger partial charge in [0.15, 0.2) is 11.5 Å². The lowest BCUT2D eigenvalue weighted by Crippen LogP contribution is -2.29. The molecule has 0 saturated heterocycles. The number of benzene rings is 2. The second kappa shape index (κ2) is 11.9. The van der Waals surface area contributed by atoms with Gasteiger partial charge in [0.1, 0.15) is 0 Å². The van der Waals surface area contributed by atoms with Crippen LogP contribution in [0.2, 0.25) is 0 Å². The Morgan fingerprint density at radius 3 is 1.84 bits per heavy atom. The van der Waals surface area contributed by atoms with Gasteiger partial charge in [-0.3, -0.25) is 0 Å². The first kappa shape index (κ1) is 27.6. The summed E-state index contributed by atoms with van der Waals surface area (Å²) in [6.45, 7) is 3.66. The summed E-state index contributed by atoms with van der Waals surface area (Å²) in [5.74, 6) is -1.33. The van der Waals surface area contributed by atoms with Crippen molar-refractivity contribution in [1.29, 1.82) is 0 Å². The summed E-state index contributed by atoms with van der Waals surface area (Å²) >= 11 is 0. The fraction of sp³-hybridized carbons (Fsp3) is 0.333. The zero-order valence-electron chi connectivity index (χ0n) is 20.9. The Morgan fingerprint density at radius 1 is 0.838 bits per heavy atom. The van der Waals surface area contributed by atoms with Gasteiger partial charge in [0.2, 0.25) is 0 Å². The summed E-state index contributed by atoms with van der Waals surface area (Å²) in [5, 5.41) is 0. The van der Waals surface area contributed by atoms with Crippen LogP contribution >= 0.6 is 0 Å². The molecule has 2 aromatic carbocycles. The molecule has 0 aliphatic carbocycles. The zero-order chi connectivity index (χ0) is 27.2. The molecule has 1 aliphatic heterocycles. The van der Waals surface area contributed by atoms with Crippen molar-refractivity contribution in [1.82, 2.24) is 4.90 Å². The fourth-order valence-corrected chi connectivity index (χ4v) is 3.99. The van der Waals surface area contributed by atoms with E-state index in [-0.39, 0.29) is 30.9 Å². The highest BCUT2D eigenvalue weighted by atomic mass is 19.4. The number of nitrogens with zero attached hydrogens (tertiary/aromatic N) is 1. The van der Waals surface area contributed by atoms with Gasteiger partial charge >= 0.3 is 18.1 Å². The molecule has 0 bridgehead atoms. The van der Waals surface area contributed by atoms with Crippen LogP contribution in [0.25, 0.3) is 0 Å². The van der Waals surface area contributed by atoms with E-state index in [4.69, 9.17) is 18.9 Å². The second-order valence-corrected chi connectivity index (χ2v) is 8.02. The number of hydrogen-bond donors (Lipinski definition) is 0. The van der Waals surface area contributed by atoms with Gasteiger partial charge in [0.05, 0.1) is 50.1 Å². The van der Waals surface area contributed by atoms with Crippen molar-refractivity contribution in [3.63, 3.8) is 0 Å². The van der Waals surface area contributed by atoms with E-state index in [1.54, 1.807) is 36.9 Å². The van der Waals surface area contributed by atoms with Crippen molar-refractivity contribution < 1.29 is 41.7 Å². The minimum atomic E-state index is -4.53. The number of esters is 2. The number of halogens is 3. The van der Waals surface area contributed by atoms with E-state index in [1.807, 2.05) is 0 Å². The van der Waals surface area contributed by atoms with Gasteiger partial charge in [-0.25, -0.2) is 9.59 Å². The summed E-state index contributed by atoms with van der Waals surface area (Å²) in [7, 11) is 3.03. The van der Waals surface area contributed by atoms with E-state index in [1.165, 1.54) is 38.8 Å². The van der Waals surface area contributed by atoms with Crippen LogP contribution < -0.4 is 9.47 Å². The molecule has 0 atom stereocenters. The Labute approximate surface area is 213 Å². The standard InChI is InChI=1S/C27H28F3NO6/c1-5-36-25(32)20-15-31(14-17-7-12-22(34-3)23(13-17)35-4)16-21(26(33)37-6-2)24(20)18-8-10-19(11-9-18)27(28,29)30/h7-13,15-16,24H,5-6,14H2,1-4H3. The Kier molecular flexibility index (Phi) is 8.86. The van der Waals surface area contributed by atoms with Crippen LogP contribution in [-0.4, -0.2) is 44.3 Å². The van der Waals surface area contributed by atoms with Crippen LogP contribution in [0.3, 0.4) is 0 Å². The molecule has 198 valence electrons. The summed E-state index contributed by atoms with van der Waals surface area (Å²) in [6.07, 6.45) is -1.47. The maximum Gasteiger partial charge on any atom is 0.416 e. The molecule has 1 heterocycles. The number of alkyl halides is 3. The minimum Gasteiger partial charge on any atom is -0.493 e. The van der Waals surface area contributed by atoms with Crippen molar-refractivity contribution in [3.8, 4) is 11.5 Å². The molecule has 37 heavy (non-hydrogen) atoms. The largest absolute Gasteiger partial charge is 0.493 e. The average molecular weight is 520 g/mol. The Bertz CT molecular complexity index is 1150. The van der Waals surface area contributed by atoms with Gasteiger partial charge in [-0.1, -0.05) is 18.2 Å². The van der Waals surface area contributed by atoms with Crippen molar-refractivity contribution in [3.05, 3.63) is 82.7 Å². The molecular weight excluding hydrogens is 491 g/mol. The number of carbonyl (C=O) groups excluding carboxylic acids is 2. The number of methoxy groups -OCH3 is 2. The molecule has 2 aromatic rings. The van der Waals surface area contributed by atoms with E-state index < -0.39 is 29.6 Å². The highest BCUT2D eigenvalue weighted by Gasteiger charge is 2.37. The minimum absolute atomic E-state index is 0.0735. The molecule has 10 heteroatoms. The molecule has 0 amide bonds. The molecule has 0 unspecified atom stereocenters. The number of carbonyl (C=O) groups is 2. The van der Waals surface area contributed by atoms with Crippen molar-refractivity contribution in [2.45, 2.75) is 32.5 Å². The number of rotatable bonds is 9. The number of hydrogen-bond acceptors (Lipinski definition) is 7. The molecule has 0 saturated carbocycles. The molecule has 0 fully saturated rings. The summed E-state index contributed by atoms with van der Waals surface area (Å²) in [6, 6.07) is 9.62. The van der Waals surface area contributed by atoms with Crippen molar-refractivity contribution >= 4 is 11.9 Å². The third-order valence-electron chi connectivity index (χ3n) is 5.64. The molecule has 1 aliphatic rings. The van der Waals surface area contributed by atoms with Crippen molar-refractivity contribution in [2.75, 3.05) is 27.4 Å². The lowest BCUT2D eigenvalue weighted by atomic mass is 9.83.